The average molecular weight is 301 g/mol. The largest absolute Gasteiger partial charge is 0.507 e. The quantitative estimate of drug-likeness (QED) is 0.771. The molecule has 0 aliphatic carbocycles. The molecule has 0 saturated heterocycles. The molecule has 3 aromatic carbocycles. The molecule has 112 valence electrons. The molecule has 3 aromatic rings. The van der Waals surface area contributed by atoms with Crippen molar-refractivity contribution in [3.63, 3.8) is 0 Å². The number of phenolic OH excluding ortho intramolecular Hbond substituents is 1. The van der Waals surface area contributed by atoms with E-state index < -0.39 is 0 Å². The van der Waals surface area contributed by atoms with E-state index in [2.05, 4.69) is 0 Å². The second-order valence-corrected chi connectivity index (χ2v) is 5.14. The Morgan fingerprint density at radius 3 is 2.22 bits per heavy atom. The van der Waals surface area contributed by atoms with E-state index in [1.54, 1.807) is 12.1 Å². The lowest BCUT2D eigenvalue weighted by Gasteiger charge is -2.08. The van der Waals surface area contributed by atoms with Gasteiger partial charge in [0.1, 0.15) is 24.2 Å². The van der Waals surface area contributed by atoms with Gasteiger partial charge in [0.2, 0.25) is 0 Å². The van der Waals surface area contributed by atoms with Crippen LogP contribution >= 0.6 is 0 Å². The van der Waals surface area contributed by atoms with Crippen LogP contribution in [0, 0.1) is 11.3 Å². The highest BCUT2D eigenvalue weighted by molar-refractivity contribution is 5.67. The monoisotopic (exact) mass is 301 g/mol. The van der Waals surface area contributed by atoms with Gasteiger partial charge in [-0.25, -0.2) is 0 Å². The number of benzene rings is 3. The van der Waals surface area contributed by atoms with E-state index in [9.17, 15) is 5.11 Å². The van der Waals surface area contributed by atoms with Crippen molar-refractivity contribution in [2.24, 2.45) is 0 Å². The molecule has 0 bridgehead atoms. The van der Waals surface area contributed by atoms with Crippen LogP contribution in [0.25, 0.3) is 11.1 Å². The summed E-state index contributed by atoms with van der Waals surface area (Å²) in [4.78, 5) is 0. The third-order valence-electron chi connectivity index (χ3n) is 3.55. The van der Waals surface area contributed by atoms with Crippen molar-refractivity contribution in [2.75, 3.05) is 0 Å². The van der Waals surface area contributed by atoms with Gasteiger partial charge in [-0.1, -0.05) is 48.5 Å². The second kappa shape index (κ2) is 6.67. The maximum Gasteiger partial charge on any atom is 0.133 e. The van der Waals surface area contributed by atoms with Gasteiger partial charge in [-0.05, 0) is 41.0 Å². The molecule has 0 spiro atoms. The lowest BCUT2D eigenvalue weighted by atomic mass is 10.0. The molecule has 0 saturated carbocycles. The zero-order chi connectivity index (χ0) is 16.1. The first-order valence-corrected chi connectivity index (χ1v) is 7.26. The maximum absolute atomic E-state index is 9.77. The number of nitrogens with zero attached hydrogens (tertiary/aromatic N) is 1. The third kappa shape index (κ3) is 3.50. The predicted molar refractivity (Wildman–Crippen MR) is 89.0 cm³/mol. The number of hydrogen-bond donors (Lipinski definition) is 1. The van der Waals surface area contributed by atoms with Crippen LogP contribution in [0.5, 0.6) is 11.5 Å². The van der Waals surface area contributed by atoms with Gasteiger partial charge in [-0.3, -0.25) is 0 Å². The van der Waals surface area contributed by atoms with Gasteiger partial charge >= 0.3 is 0 Å². The molecule has 3 rings (SSSR count). The average Bonchev–Trinajstić information content (AvgIpc) is 2.61. The minimum Gasteiger partial charge on any atom is -0.507 e. The first kappa shape index (κ1) is 14.7. The molecule has 0 aliphatic rings. The van der Waals surface area contributed by atoms with Crippen molar-refractivity contribution >= 4 is 0 Å². The lowest BCUT2D eigenvalue weighted by Crippen LogP contribution is -1.94. The third-order valence-corrected chi connectivity index (χ3v) is 3.55. The van der Waals surface area contributed by atoms with E-state index in [-0.39, 0.29) is 11.3 Å². The van der Waals surface area contributed by atoms with Gasteiger partial charge in [0.15, 0.2) is 0 Å². The van der Waals surface area contributed by atoms with Crippen LogP contribution < -0.4 is 4.74 Å². The molecule has 23 heavy (non-hydrogen) atoms. The molecule has 0 radical (unpaired) electrons. The molecular formula is C20H15NO2. The Kier molecular flexibility index (Phi) is 4.26. The summed E-state index contributed by atoms with van der Waals surface area (Å²) in [5.41, 5.74) is 3.21. The van der Waals surface area contributed by atoms with Gasteiger partial charge in [0.25, 0.3) is 0 Å². The minimum atomic E-state index is -0.00518. The predicted octanol–water partition coefficient (Wildman–Crippen LogP) is 4.51. The molecule has 3 heteroatoms. The molecule has 1 N–H and O–H groups in total. The number of aromatic hydroxyl groups is 1. The lowest BCUT2D eigenvalue weighted by molar-refractivity contribution is 0.306. The Labute approximate surface area is 135 Å². The molecule has 0 fully saturated rings. The number of ether oxygens (including phenoxy) is 1. The summed E-state index contributed by atoms with van der Waals surface area (Å²) in [7, 11) is 0. The fourth-order valence-electron chi connectivity index (χ4n) is 2.29. The summed E-state index contributed by atoms with van der Waals surface area (Å²) >= 11 is 0. The highest BCUT2D eigenvalue weighted by Gasteiger charge is 2.04. The summed E-state index contributed by atoms with van der Waals surface area (Å²) in [6.45, 7) is 0.526. The Morgan fingerprint density at radius 1 is 0.870 bits per heavy atom. The smallest absolute Gasteiger partial charge is 0.133 e. The van der Waals surface area contributed by atoms with Gasteiger partial charge < -0.3 is 9.84 Å². The highest BCUT2D eigenvalue weighted by atomic mass is 16.5. The minimum absolute atomic E-state index is 0.00518. The highest BCUT2D eigenvalue weighted by Crippen LogP contribution is 2.27. The Morgan fingerprint density at radius 2 is 1.57 bits per heavy atom. The summed E-state index contributed by atoms with van der Waals surface area (Å²) in [6.07, 6.45) is 0. The van der Waals surface area contributed by atoms with Crippen molar-refractivity contribution < 1.29 is 9.84 Å². The summed E-state index contributed by atoms with van der Waals surface area (Å²) in [5, 5.41) is 18.6. The summed E-state index contributed by atoms with van der Waals surface area (Å²) in [5.74, 6) is 0.782. The molecule has 0 atom stereocenters. The molecule has 0 aromatic heterocycles. The maximum atomic E-state index is 9.77. The Balaban J connectivity index is 1.72. The second-order valence-electron chi connectivity index (χ2n) is 5.14. The first-order chi connectivity index (χ1) is 11.3. The van der Waals surface area contributed by atoms with Crippen molar-refractivity contribution in [3.8, 4) is 28.7 Å². The van der Waals surface area contributed by atoms with Gasteiger partial charge in [0, 0.05) is 0 Å². The standard InChI is InChI=1S/C20H15NO2/c21-13-18-7-6-17(12-20(18)22)16-8-10-19(11-9-16)23-14-15-4-2-1-3-5-15/h1-12,22H,14H2. The van der Waals surface area contributed by atoms with E-state index in [1.807, 2.05) is 66.7 Å². The van der Waals surface area contributed by atoms with Gasteiger partial charge in [0.05, 0.1) is 5.56 Å². The van der Waals surface area contributed by atoms with Crippen LogP contribution in [-0.4, -0.2) is 5.11 Å². The number of phenols is 1. The zero-order valence-corrected chi connectivity index (χ0v) is 12.4. The van der Waals surface area contributed by atoms with Crippen LogP contribution in [0.15, 0.2) is 72.8 Å². The number of rotatable bonds is 4. The SMILES string of the molecule is N#Cc1ccc(-c2ccc(OCc3ccccc3)cc2)cc1O. The number of hydrogen-bond acceptors (Lipinski definition) is 3. The van der Waals surface area contributed by atoms with Crippen molar-refractivity contribution in [1.82, 2.24) is 0 Å². The van der Waals surface area contributed by atoms with Crippen molar-refractivity contribution in [3.05, 3.63) is 83.9 Å². The molecule has 0 aliphatic heterocycles. The van der Waals surface area contributed by atoms with Crippen LogP contribution in [0.3, 0.4) is 0 Å². The van der Waals surface area contributed by atoms with E-state index in [0.717, 1.165) is 22.4 Å². The molecule has 0 unspecified atom stereocenters. The molecule has 0 heterocycles. The fraction of sp³-hybridized carbons (Fsp3) is 0.0500. The Bertz CT molecular complexity index is 834. The fourth-order valence-corrected chi connectivity index (χ4v) is 2.29. The van der Waals surface area contributed by atoms with E-state index in [1.165, 1.54) is 0 Å². The molecule has 0 amide bonds. The van der Waals surface area contributed by atoms with E-state index in [4.69, 9.17) is 10.00 Å². The topological polar surface area (TPSA) is 53.2 Å². The van der Waals surface area contributed by atoms with Crippen LogP contribution in [-0.2, 0) is 6.61 Å². The number of nitriles is 1. The van der Waals surface area contributed by atoms with Crippen LogP contribution in [0.1, 0.15) is 11.1 Å². The molecule has 3 nitrogen and oxygen atoms in total. The van der Waals surface area contributed by atoms with Crippen LogP contribution in [0.4, 0.5) is 0 Å². The normalized spacial score (nSPS) is 10.0. The summed E-state index contributed by atoms with van der Waals surface area (Å²) < 4.78 is 5.75. The van der Waals surface area contributed by atoms with Crippen LogP contribution in [0.2, 0.25) is 0 Å². The molecular weight excluding hydrogens is 286 g/mol. The van der Waals surface area contributed by atoms with E-state index >= 15 is 0 Å². The van der Waals surface area contributed by atoms with Crippen molar-refractivity contribution in [1.29, 1.82) is 5.26 Å². The van der Waals surface area contributed by atoms with Gasteiger partial charge in [-0.2, -0.15) is 5.26 Å². The van der Waals surface area contributed by atoms with Crippen molar-refractivity contribution in [2.45, 2.75) is 6.61 Å². The zero-order valence-electron chi connectivity index (χ0n) is 12.4. The van der Waals surface area contributed by atoms with E-state index in [0.29, 0.717) is 6.61 Å². The summed E-state index contributed by atoms with van der Waals surface area (Å²) in [6, 6.07) is 24.6. The first-order valence-electron chi connectivity index (χ1n) is 7.26. The Hall–Kier alpha value is -3.25. The van der Waals surface area contributed by atoms with Gasteiger partial charge in [-0.15, -0.1) is 0 Å².